The standard InChI is InChI=1S/C15H21N3O2S/c1-12-5-6-14(13(2)11-12)21(19,20)18-10-7-16-15(18)17-8-3-4-9-17/h5-6,11H,3-4,7-10H2,1-2H3. The molecule has 6 heteroatoms. The molecule has 1 fully saturated rings. The highest BCUT2D eigenvalue weighted by Gasteiger charge is 2.35. The lowest BCUT2D eigenvalue weighted by atomic mass is 10.2. The van der Waals surface area contributed by atoms with Crippen molar-refractivity contribution in [3.63, 3.8) is 0 Å². The van der Waals surface area contributed by atoms with Gasteiger partial charge in [-0.2, -0.15) is 0 Å². The van der Waals surface area contributed by atoms with Gasteiger partial charge in [-0.15, -0.1) is 0 Å². The molecule has 0 spiro atoms. The molecule has 0 unspecified atom stereocenters. The fraction of sp³-hybridized carbons (Fsp3) is 0.533. The van der Waals surface area contributed by atoms with E-state index >= 15 is 0 Å². The van der Waals surface area contributed by atoms with Crippen molar-refractivity contribution in [2.45, 2.75) is 31.6 Å². The van der Waals surface area contributed by atoms with Crippen LogP contribution in [0.1, 0.15) is 24.0 Å². The van der Waals surface area contributed by atoms with Gasteiger partial charge in [0.25, 0.3) is 10.0 Å². The Morgan fingerprint density at radius 2 is 1.81 bits per heavy atom. The molecule has 0 atom stereocenters. The summed E-state index contributed by atoms with van der Waals surface area (Å²) in [7, 11) is -3.51. The van der Waals surface area contributed by atoms with Crippen molar-refractivity contribution in [3.8, 4) is 0 Å². The maximum absolute atomic E-state index is 13.0. The fourth-order valence-electron chi connectivity index (χ4n) is 3.03. The summed E-state index contributed by atoms with van der Waals surface area (Å²) in [6, 6.07) is 5.47. The maximum atomic E-state index is 13.0. The SMILES string of the molecule is Cc1ccc(S(=O)(=O)N2CCN=C2N2CCCC2)c(C)c1. The number of aryl methyl sites for hydroxylation is 2. The van der Waals surface area contributed by atoms with Gasteiger partial charge >= 0.3 is 0 Å². The van der Waals surface area contributed by atoms with Crippen molar-refractivity contribution >= 4 is 16.0 Å². The number of sulfonamides is 1. The van der Waals surface area contributed by atoms with E-state index in [1.165, 1.54) is 4.31 Å². The Labute approximate surface area is 126 Å². The number of hydrogen-bond donors (Lipinski definition) is 0. The molecule has 2 aliphatic heterocycles. The van der Waals surface area contributed by atoms with Crippen LogP contribution < -0.4 is 0 Å². The molecule has 0 amide bonds. The van der Waals surface area contributed by atoms with Crippen LogP contribution >= 0.6 is 0 Å². The van der Waals surface area contributed by atoms with Crippen molar-refractivity contribution in [2.75, 3.05) is 26.2 Å². The molecule has 0 aromatic heterocycles. The minimum atomic E-state index is -3.51. The Kier molecular flexibility index (Phi) is 3.65. The van der Waals surface area contributed by atoms with Crippen LogP contribution in [0.5, 0.6) is 0 Å². The van der Waals surface area contributed by atoms with Gasteiger partial charge in [0.05, 0.1) is 18.0 Å². The van der Waals surface area contributed by atoms with E-state index in [0.717, 1.165) is 37.1 Å². The van der Waals surface area contributed by atoms with Gasteiger partial charge in [-0.3, -0.25) is 4.99 Å². The van der Waals surface area contributed by atoms with E-state index in [1.807, 2.05) is 26.0 Å². The Hall–Kier alpha value is -1.56. The van der Waals surface area contributed by atoms with E-state index in [4.69, 9.17) is 0 Å². The molecule has 1 aromatic carbocycles. The number of rotatable bonds is 2. The molecule has 2 heterocycles. The lowest BCUT2D eigenvalue weighted by molar-refractivity contribution is 0.452. The van der Waals surface area contributed by atoms with Gasteiger partial charge in [0.1, 0.15) is 0 Å². The minimum absolute atomic E-state index is 0.391. The zero-order chi connectivity index (χ0) is 15.0. The molecule has 0 radical (unpaired) electrons. The first-order chi connectivity index (χ1) is 10.00. The second-order valence-electron chi connectivity index (χ2n) is 5.72. The van der Waals surface area contributed by atoms with Crippen LogP contribution in [0.4, 0.5) is 0 Å². The Bertz CT molecular complexity index is 676. The summed E-state index contributed by atoms with van der Waals surface area (Å²) in [5.74, 6) is 0.632. The average Bonchev–Trinajstić information content (AvgIpc) is 3.09. The fourth-order valence-corrected chi connectivity index (χ4v) is 4.68. The van der Waals surface area contributed by atoms with Crippen LogP contribution in [0.3, 0.4) is 0 Å². The summed E-state index contributed by atoms with van der Waals surface area (Å²) in [6.07, 6.45) is 2.22. The van der Waals surface area contributed by atoms with Crippen molar-refractivity contribution in [3.05, 3.63) is 29.3 Å². The molecule has 5 nitrogen and oxygen atoms in total. The Morgan fingerprint density at radius 1 is 1.10 bits per heavy atom. The highest BCUT2D eigenvalue weighted by atomic mass is 32.2. The van der Waals surface area contributed by atoms with Gasteiger partial charge in [0, 0.05) is 13.1 Å². The van der Waals surface area contributed by atoms with E-state index in [1.54, 1.807) is 6.07 Å². The average molecular weight is 307 g/mol. The number of likely N-dealkylation sites (tertiary alicyclic amines) is 1. The summed E-state index contributed by atoms with van der Waals surface area (Å²) >= 11 is 0. The molecule has 114 valence electrons. The smallest absolute Gasteiger partial charge is 0.266 e. The number of guanidine groups is 1. The number of nitrogens with zero attached hydrogens (tertiary/aromatic N) is 3. The molecule has 0 aliphatic carbocycles. The van der Waals surface area contributed by atoms with Gasteiger partial charge in [-0.1, -0.05) is 17.7 Å². The predicted octanol–water partition coefficient (Wildman–Crippen LogP) is 1.76. The largest absolute Gasteiger partial charge is 0.342 e. The highest BCUT2D eigenvalue weighted by molar-refractivity contribution is 7.89. The first-order valence-electron chi connectivity index (χ1n) is 7.39. The molecular weight excluding hydrogens is 286 g/mol. The van der Waals surface area contributed by atoms with E-state index in [0.29, 0.717) is 23.9 Å². The summed E-state index contributed by atoms with van der Waals surface area (Å²) in [5, 5.41) is 0. The topological polar surface area (TPSA) is 53.0 Å². The van der Waals surface area contributed by atoms with Crippen molar-refractivity contribution in [2.24, 2.45) is 4.99 Å². The molecule has 3 rings (SSSR count). The van der Waals surface area contributed by atoms with Gasteiger partial charge < -0.3 is 4.90 Å². The van der Waals surface area contributed by atoms with Crippen LogP contribution in [0.25, 0.3) is 0 Å². The zero-order valence-electron chi connectivity index (χ0n) is 12.5. The summed E-state index contributed by atoms with van der Waals surface area (Å²) < 4.78 is 27.4. The molecule has 0 N–H and O–H groups in total. The number of hydrogen-bond acceptors (Lipinski definition) is 4. The second kappa shape index (κ2) is 5.33. The molecule has 1 saturated heterocycles. The first kappa shape index (κ1) is 14.4. The third-order valence-corrected chi connectivity index (χ3v) is 6.01. The first-order valence-corrected chi connectivity index (χ1v) is 8.83. The Morgan fingerprint density at radius 3 is 2.48 bits per heavy atom. The maximum Gasteiger partial charge on any atom is 0.266 e. The summed E-state index contributed by atoms with van der Waals surface area (Å²) in [4.78, 5) is 6.91. The van der Waals surface area contributed by atoms with E-state index in [9.17, 15) is 8.42 Å². The number of benzene rings is 1. The summed E-state index contributed by atoms with van der Waals surface area (Å²) in [6.45, 7) is 6.62. The normalized spacial score (nSPS) is 19.2. The van der Waals surface area contributed by atoms with Gasteiger partial charge in [0.2, 0.25) is 5.96 Å². The molecule has 1 aromatic rings. The minimum Gasteiger partial charge on any atom is -0.342 e. The second-order valence-corrected chi connectivity index (χ2v) is 7.55. The molecule has 0 bridgehead atoms. The molecule has 0 saturated carbocycles. The van der Waals surface area contributed by atoms with Crippen molar-refractivity contribution < 1.29 is 8.42 Å². The van der Waals surface area contributed by atoms with Crippen LogP contribution in [0, 0.1) is 13.8 Å². The van der Waals surface area contributed by atoms with E-state index in [2.05, 4.69) is 9.89 Å². The Balaban J connectivity index is 1.96. The third-order valence-electron chi connectivity index (χ3n) is 4.07. The lowest BCUT2D eigenvalue weighted by Crippen LogP contribution is -2.43. The highest BCUT2D eigenvalue weighted by Crippen LogP contribution is 2.25. The van der Waals surface area contributed by atoms with Gasteiger partial charge in [0.15, 0.2) is 0 Å². The van der Waals surface area contributed by atoms with Crippen LogP contribution in [0.15, 0.2) is 28.1 Å². The van der Waals surface area contributed by atoms with E-state index in [-0.39, 0.29) is 0 Å². The third kappa shape index (κ3) is 2.52. The predicted molar refractivity (Wildman–Crippen MR) is 82.9 cm³/mol. The summed E-state index contributed by atoms with van der Waals surface area (Å²) in [5.41, 5.74) is 1.86. The zero-order valence-corrected chi connectivity index (χ0v) is 13.4. The molecule has 21 heavy (non-hydrogen) atoms. The monoisotopic (exact) mass is 307 g/mol. The lowest BCUT2D eigenvalue weighted by Gasteiger charge is -2.27. The number of aliphatic imine (C=N–C) groups is 1. The molecular formula is C15H21N3O2S. The van der Waals surface area contributed by atoms with Crippen molar-refractivity contribution in [1.82, 2.24) is 9.21 Å². The van der Waals surface area contributed by atoms with E-state index < -0.39 is 10.0 Å². The van der Waals surface area contributed by atoms with Gasteiger partial charge in [-0.25, -0.2) is 12.7 Å². The quantitative estimate of drug-likeness (QED) is 0.836. The molecule has 2 aliphatic rings. The van der Waals surface area contributed by atoms with Crippen LogP contribution in [-0.4, -0.2) is 49.8 Å². The van der Waals surface area contributed by atoms with Crippen molar-refractivity contribution in [1.29, 1.82) is 0 Å². The van der Waals surface area contributed by atoms with Crippen LogP contribution in [-0.2, 0) is 10.0 Å². The van der Waals surface area contributed by atoms with Crippen LogP contribution in [0.2, 0.25) is 0 Å². The van der Waals surface area contributed by atoms with Gasteiger partial charge in [-0.05, 0) is 38.3 Å².